The SMILES string of the molecule is Cc1ccncc1C(NN)C1CC(C)CC(C)C1. The number of hydrogen-bond acceptors (Lipinski definition) is 3. The van der Waals surface area contributed by atoms with Crippen molar-refractivity contribution in [1.29, 1.82) is 0 Å². The quantitative estimate of drug-likeness (QED) is 0.638. The summed E-state index contributed by atoms with van der Waals surface area (Å²) < 4.78 is 0. The molecule has 0 aliphatic heterocycles. The maximum atomic E-state index is 5.82. The molecule has 0 bridgehead atoms. The van der Waals surface area contributed by atoms with Crippen molar-refractivity contribution in [3.05, 3.63) is 29.6 Å². The van der Waals surface area contributed by atoms with Crippen LogP contribution in [0.1, 0.15) is 50.3 Å². The maximum absolute atomic E-state index is 5.82. The predicted molar refractivity (Wildman–Crippen MR) is 74.7 cm³/mol. The third-order valence-corrected chi connectivity index (χ3v) is 4.28. The topological polar surface area (TPSA) is 50.9 Å². The van der Waals surface area contributed by atoms with Crippen LogP contribution in [0.4, 0.5) is 0 Å². The van der Waals surface area contributed by atoms with E-state index in [1.165, 1.54) is 30.4 Å². The van der Waals surface area contributed by atoms with Crippen molar-refractivity contribution in [3.8, 4) is 0 Å². The Bertz CT molecular complexity index is 381. The molecule has 3 atom stereocenters. The number of pyridine rings is 1. The summed E-state index contributed by atoms with van der Waals surface area (Å²) in [5.74, 6) is 8.04. The van der Waals surface area contributed by atoms with E-state index in [2.05, 4.69) is 37.2 Å². The van der Waals surface area contributed by atoms with Gasteiger partial charge in [0, 0.05) is 12.4 Å². The molecule has 1 fully saturated rings. The standard InChI is InChI=1S/C15H25N3/c1-10-6-11(2)8-13(7-10)15(18-16)14-9-17-5-4-12(14)3/h4-5,9-11,13,15,18H,6-8,16H2,1-3H3. The molecule has 1 aromatic heterocycles. The van der Waals surface area contributed by atoms with E-state index in [0.29, 0.717) is 5.92 Å². The molecule has 0 saturated heterocycles. The Labute approximate surface area is 110 Å². The van der Waals surface area contributed by atoms with E-state index in [0.717, 1.165) is 11.8 Å². The first-order valence-corrected chi connectivity index (χ1v) is 6.98. The minimum atomic E-state index is 0.240. The molecule has 100 valence electrons. The molecule has 3 N–H and O–H groups in total. The van der Waals surface area contributed by atoms with Gasteiger partial charge < -0.3 is 0 Å². The molecule has 18 heavy (non-hydrogen) atoms. The lowest BCUT2D eigenvalue weighted by atomic mass is 9.72. The molecule has 1 aliphatic rings. The number of nitrogens with two attached hydrogens (primary N) is 1. The number of hydrogen-bond donors (Lipinski definition) is 2. The summed E-state index contributed by atoms with van der Waals surface area (Å²) in [7, 11) is 0. The van der Waals surface area contributed by atoms with E-state index in [1.54, 1.807) is 0 Å². The van der Waals surface area contributed by atoms with Gasteiger partial charge in [-0.25, -0.2) is 0 Å². The smallest absolute Gasteiger partial charge is 0.0506 e. The molecule has 0 radical (unpaired) electrons. The molecule has 3 unspecified atom stereocenters. The summed E-state index contributed by atoms with van der Waals surface area (Å²) in [6, 6.07) is 2.30. The van der Waals surface area contributed by atoms with Gasteiger partial charge in [-0.05, 0) is 61.1 Å². The highest BCUT2D eigenvalue weighted by Crippen LogP contribution is 2.39. The molecule has 2 rings (SSSR count). The Kier molecular flexibility index (Phi) is 4.36. The van der Waals surface area contributed by atoms with Crippen LogP contribution in [0.25, 0.3) is 0 Å². The number of aryl methyl sites for hydroxylation is 1. The minimum absolute atomic E-state index is 0.240. The monoisotopic (exact) mass is 247 g/mol. The van der Waals surface area contributed by atoms with Crippen LogP contribution in [0.2, 0.25) is 0 Å². The Morgan fingerprint density at radius 2 is 1.94 bits per heavy atom. The molecule has 1 saturated carbocycles. The first-order valence-electron chi connectivity index (χ1n) is 6.98. The Morgan fingerprint density at radius 1 is 1.28 bits per heavy atom. The predicted octanol–water partition coefficient (Wildman–Crippen LogP) is 2.97. The summed E-state index contributed by atoms with van der Waals surface area (Å²) >= 11 is 0. The van der Waals surface area contributed by atoms with Gasteiger partial charge in [-0.3, -0.25) is 16.3 Å². The average molecular weight is 247 g/mol. The van der Waals surface area contributed by atoms with Gasteiger partial charge in [0.2, 0.25) is 0 Å². The summed E-state index contributed by atoms with van der Waals surface area (Å²) in [5.41, 5.74) is 5.56. The second kappa shape index (κ2) is 5.81. The van der Waals surface area contributed by atoms with Gasteiger partial charge in [-0.1, -0.05) is 13.8 Å². The summed E-state index contributed by atoms with van der Waals surface area (Å²) in [5, 5.41) is 0. The molecule has 0 amide bonds. The lowest BCUT2D eigenvalue weighted by Gasteiger charge is -2.36. The third-order valence-electron chi connectivity index (χ3n) is 4.28. The number of rotatable bonds is 3. The second-order valence-electron chi connectivity index (χ2n) is 6.05. The van der Waals surface area contributed by atoms with Crippen molar-refractivity contribution in [3.63, 3.8) is 0 Å². The minimum Gasteiger partial charge on any atom is -0.271 e. The number of aromatic nitrogens is 1. The number of hydrazine groups is 1. The normalized spacial score (nSPS) is 30.1. The zero-order valence-electron chi connectivity index (χ0n) is 11.7. The highest BCUT2D eigenvalue weighted by Gasteiger charge is 2.31. The maximum Gasteiger partial charge on any atom is 0.0506 e. The van der Waals surface area contributed by atoms with Crippen LogP contribution in [0.3, 0.4) is 0 Å². The fourth-order valence-electron chi connectivity index (χ4n) is 3.56. The molecule has 3 heteroatoms. The van der Waals surface area contributed by atoms with E-state index in [9.17, 15) is 0 Å². The van der Waals surface area contributed by atoms with Crippen molar-refractivity contribution >= 4 is 0 Å². The molecule has 1 aliphatic carbocycles. The molecular weight excluding hydrogens is 222 g/mol. The van der Waals surface area contributed by atoms with Gasteiger partial charge in [0.15, 0.2) is 0 Å². The van der Waals surface area contributed by atoms with Crippen molar-refractivity contribution in [1.82, 2.24) is 10.4 Å². The Hall–Kier alpha value is -0.930. The van der Waals surface area contributed by atoms with E-state index < -0.39 is 0 Å². The summed E-state index contributed by atoms with van der Waals surface area (Å²) in [4.78, 5) is 4.25. The molecule has 0 aromatic carbocycles. The van der Waals surface area contributed by atoms with Gasteiger partial charge in [0.25, 0.3) is 0 Å². The molecule has 1 heterocycles. The zero-order chi connectivity index (χ0) is 13.1. The lowest BCUT2D eigenvalue weighted by molar-refractivity contribution is 0.176. The van der Waals surface area contributed by atoms with Crippen LogP contribution in [0.5, 0.6) is 0 Å². The zero-order valence-corrected chi connectivity index (χ0v) is 11.7. The van der Waals surface area contributed by atoms with Crippen LogP contribution in [-0.2, 0) is 0 Å². The largest absolute Gasteiger partial charge is 0.271 e. The second-order valence-corrected chi connectivity index (χ2v) is 6.05. The Morgan fingerprint density at radius 3 is 2.50 bits per heavy atom. The Balaban J connectivity index is 2.20. The molecule has 0 spiro atoms. The van der Waals surface area contributed by atoms with Crippen LogP contribution < -0.4 is 11.3 Å². The van der Waals surface area contributed by atoms with Gasteiger partial charge in [-0.2, -0.15) is 0 Å². The average Bonchev–Trinajstić information content (AvgIpc) is 2.31. The van der Waals surface area contributed by atoms with Crippen LogP contribution in [0, 0.1) is 24.7 Å². The highest BCUT2D eigenvalue weighted by atomic mass is 15.2. The third kappa shape index (κ3) is 2.90. The van der Waals surface area contributed by atoms with Crippen LogP contribution in [-0.4, -0.2) is 4.98 Å². The number of nitrogens with zero attached hydrogens (tertiary/aromatic N) is 1. The summed E-state index contributed by atoms with van der Waals surface area (Å²) in [6.45, 7) is 6.84. The molecule has 1 aromatic rings. The van der Waals surface area contributed by atoms with Crippen molar-refractivity contribution in [2.75, 3.05) is 0 Å². The van der Waals surface area contributed by atoms with Gasteiger partial charge >= 0.3 is 0 Å². The van der Waals surface area contributed by atoms with Crippen molar-refractivity contribution in [2.24, 2.45) is 23.6 Å². The van der Waals surface area contributed by atoms with Gasteiger partial charge in [-0.15, -0.1) is 0 Å². The highest BCUT2D eigenvalue weighted by molar-refractivity contribution is 5.25. The van der Waals surface area contributed by atoms with Gasteiger partial charge in [0.1, 0.15) is 0 Å². The fraction of sp³-hybridized carbons (Fsp3) is 0.667. The van der Waals surface area contributed by atoms with E-state index in [1.807, 2.05) is 12.4 Å². The van der Waals surface area contributed by atoms with E-state index in [4.69, 9.17) is 5.84 Å². The lowest BCUT2D eigenvalue weighted by Crippen LogP contribution is -2.37. The van der Waals surface area contributed by atoms with Crippen LogP contribution >= 0.6 is 0 Å². The van der Waals surface area contributed by atoms with Crippen LogP contribution in [0.15, 0.2) is 18.5 Å². The molecular formula is C15H25N3. The van der Waals surface area contributed by atoms with Gasteiger partial charge in [0.05, 0.1) is 6.04 Å². The first-order chi connectivity index (χ1) is 8.61. The molecule has 3 nitrogen and oxygen atoms in total. The first kappa shape index (κ1) is 13.5. The fourth-order valence-corrected chi connectivity index (χ4v) is 3.56. The van der Waals surface area contributed by atoms with Crippen molar-refractivity contribution < 1.29 is 0 Å². The van der Waals surface area contributed by atoms with E-state index in [-0.39, 0.29) is 6.04 Å². The van der Waals surface area contributed by atoms with Crippen molar-refractivity contribution in [2.45, 2.75) is 46.1 Å². The number of nitrogens with one attached hydrogen (secondary N) is 1. The van der Waals surface area contributed by atoms with E-state index >= 15 is 0 Å². The summed E-state index contributed by atoms with van der Waals surface area (Å²) in [6.07, 6.45) is 7.67.